The van der Waals surface area contributed by atoms with E-state index in [0.29, 0.717) is 0 Å². The van der Waals surface area contributed by atoms with Crippen molar-refractivity contribution in [2.24, 2.45) is 0 Å². The average Bonchev–Trinajstić information content (AvgIpc) is 2.90. The molecule has 1 saturated heterocycles. The summed E-state index contributed by atoms with van der Waals surface area (Å²) < 4.78 is 0. The molecule has 0 saturated carbocycles. The number of aromatic nitrogens is 4. The number of nitrogens with two attached hydrogens (primary N) is 1. The number of piperidine rings is 1. The first-order valence-corrected chi connectivity index (χ1v) is 8.43. The lowest BCUT2D eigenvalue weighted by Gasteiger charge is -2.40. The highest BCUT2D eigenvalue weighted by atomic mass is 16.1. The summed E-state index contributed by atoms with van der Waals surface area (Å²) in [5.41, 5.74) is 9.34. The number of nitrogen functional groups attached to an aromatic ring is 1. The first kappa shape index (κ1) is 15.1. The standard InChI is InChI=1S/C17H22N6O/c1-10-9-19-11(2)14(20-10)23-7-5-17(6-8-23)4-3-12-13(17)21-16(18)22-15(12)24/h9H,3-8H2,1-2H3,(H3,18,21,22,24). The van der Waals surface area contributed by atoms with Gasteiger partial charge in [0.15, 0.2) is 0 Å². The van der Waals surface area contributed by atoms with Gasteiger partial charge in [0, 0.05) is 30.3 Å². The molecule has 1 aliphatic heterocycles. The molecule has 2 aromatic heterocycles. The molecule has 0 amide bonds. The Hall–Kier alpha value is -2.44. The second-order valence-corrected chi connectivity index (χ2v) is 6.97. The molecular weight excluding hydrogens is 304 g/mol. The second-order valence-electron chi connectivity index (χ2n) is 6.97. The van der Waals surface area contributed by atoms with Crippen molar-refractivity contribution in [1.29, 1.82) is 0 Å². The smallest absolute Gasteiger partial charge is 0.255 e. The minimum Gasteiger partial charge on any atom is -0.369 e. The molecule has 0 unspecified atom stereocenters. The fourth-order valence-electron chi connectivity index (χ4n) is 4.13. The zero-order chi connectivity index (χ0) is 16.9. The number of nitrogens with zero attached hydrogens (tertiary/aromatic N) is 4. The quantitative estimate of drug-likeness (QED) is 0.818. The van der Waals surface area contributed by atoms with E-state index in [-0.39, 0.29) is 16.9 Å². The molecule has 2 aromatic rings. The normalized spacial score (nSPS) is 18.8. The molecule has 0 atom stereocenters. The van der Waals surface area contributed by atoms with Crippen LogP contribution in [0.1, 0.15) is 41.9 Å². The molecular formula is C17H22N6O. The molecule has 0 radical (unpaired) electrons. The SMILES string of the molecule is Cc1cnc(C)c(N2CCC3(CCc4c3nc(N)[nH]c4=O)CC2)n1. The summed E-state index contributed by atoms with van der Waals surface area (Å²) in [5.74, 6) is 1.20. The van der Waals surface area contributed by atoms with Crippen LogP contribution in [0.25, 0.3) is 0 Å². The van der Waals surface area contributed by atoms with Crippen molar-refractivity contribution in [2.75, 3.05) is 23.7 Å². The Morgan fingerprint density at radius 3 is 2.71 bits per heavy atom. The maximum absolute atomic E-state index is 12.1. The van der Waals surface area contributed by atoms with Gasteiger partial charge >= 0.3 is 0 Å². The van der Waals surface area contributed by atoms with Crippen LogP contribution in [0.5, 0.6) is 0 Å². The van der Waals surface area contributed by atoms with Crippen LogP contribution in [0.4, 0.5) is 11.8 Å². The Balaban J connectivity index is 1.62. The van der Waals surface area contributed by atoms with Gasteiger partial charge in [-0.3, -0.25) is 14.8 Å². The van der Waals surface area contributed by atoms with Crippen molar-refractivity contribution < 1.29 is 0 Å². The van der Waals surface area contributed by atoms with Crippen LogP contribution in [0.15, 0.2) is 11.0 Å². The maximum Gasteiger partial charge on any atom is 0.255 e. The first-order valence-electron chi connectivity index (χ1n) is 8.43. The summed E-state index contributed by atoms with van der Waals surface area (Å²) in [6, 6.07) is 0. The van der Waals surface area contributed by atoms with Gasteiger partial charge in [-0.15, -0.1) is 0 Å². The third-order valence-corrected chi connectivity index (χ3v) is 5.46. The number of aromatic amines is 1. The largest absolute Gasteiger partial charge is 0.369 e. The Morgan fingerprint density at radius 1 is 1.21 bits per heavy atom. The van der Waals surface area contributed by atoms with Gasteiger partial charge < -0.3 is 10.6 Å². The highest BCUT2D eigenvalue weighted by Gasteiger charge is 2.44. The van der Waals surface area contributed by atoms with E-state index in [1.807, 2.05) is 13.8 Å². The molecule has 1 fully saturated rings. The molecule has 3 heterocycles. The molecule has 7 nitrogen and oxygen atoms in total. The van der Waals surface area contributed by atoms with E-state index in [0.717, 1.165) is 67.2 Å². The van der Waals surface area contributed by atoms with Crippen molar-refractivity contribution in [3.05, 3.63) is 39.2 Å². The summed E-state index contributed by atoms with van der Waals surface area (Å²) in [7, 11) is 0. The number of aryl methyl sites for hydroxylation is 2. The highest BCUT2D eigenvalue weighted by Crippen LogP contribution is 2.44. The third-order valence-electron chi connectivity index (χ3n) is 5.46. The van der Waals surface area contributed by atoms with Crippen LogP contribution in [0.2, 0.25) is 0 Å². The molecule has 4 rings (SSSR count). The van der Waals surface area contributed by atoms with Crippen LogP contribution in [0.3, 0.4) is 0 Å². The van der Waals surface area contributed by atoms with Crippen molar-refractivity contribution in [3.8, 4) is 0 Å². The zero-order valence-electron chi connectivity index (χ0n) is 14.1. The average molecular weight is 326 g/mol. The molecule has 1 aliphatic carbocycles. The van der Waals surface area contributed by atoms with Crippen molar-refractivity contribution in [1.82, 2.24) is 19.9 Å². The summed E-state index contributed by atoms with van der Waals surface area (Å²) >= 11 is 0. The maximum atomic E-state index is 12.1. The van der Waals surface area contributed by atoms with Gasteiger partial charge in [-0.05, 0) is 39.5 Å². The Bertz CT molecular complexity index is 851. The number of rotatable bonds is 1. The van der Waals surface area contributed by atoms with E-state index in [9.17, 15) is 4.79 Å². The van der Waals surface area contributed by atoms with E-state index in [1.165, 1.54) is 0 Å². The lowest BCUT2D eigenvalue weighted by molar-refractivity contribution is 0.322. The van der Waals surface area contributed by atoms with E-state index < -0.39 is 0 Å². The molecule has 3 N–H and O–H groups in total. The van der Waals surface area contributed by atoms with Crippen LogP contribution in [-0.2, 0) is 11.8 Å². The molecule has 126 valence electrons. The molecule has 1 spiro atoms. The number of H-pyrrole nitrogens is 1. The third kappa shape index (κ3) is 2.26. The van der Waals surface area contributed by atoms with Gasteiger partial charge in [-0.25, -0.2) is 9.97 Å². The monoisotopic (exact) mass is 326 g/mol. The first-order chi connectivity index (χ1) is 11.5. The van der Waals surface area contributed by atoms with E-state index >= 15 is 0 Å². The summed E-state index contributed by atoms with van der Waals surface area (Å²) in [5, 5.41) is 0. The number of fused-ring (bicyclic) bond motifs is 2. The fraction of sp³-hybridized carbons (Fsp3) is 0.529. The van der Waals surface area contributed by atoms with E-state index in [2.05, 4.69) is 24.8 Å². The molecule has 24 heavy (non-hydrogen) atoms. The molecule has 0 bridgehead atoms. The van der Waals surface area contributed by atoms with Crippen molar-refractivity contribution in [3.63, 3.8) is 0 Å². The van der Waals surface area contributed by atoms with Gasteiger partial charge in [0.2, 0.25) is 5.95 Å². The number of hydrogen-bond acceptors (Lipinski definition) is 6. The van der Waals surface area contributed by atoms with Gasteiger partial charge in [0.05, 0.1) is 17.1 Å². The van der Waals surface area contributed by atoms with Crippen LogP contribution >= 0.6 is 0 Å². The topological polar surface area (TPSA) is 101 Å². The predicted molar refractivity (Wildman–Crippen MR) is 92.2 cm³/mol. The van der Waals surface area contributed by atoms with Crippen LogP contribution in [0, 0.1) is 13.8 Å². The Labute approximate surface area is 140 Å². The summed E-state index contributed by atoms with van der Waals surface area (Å²) in [4.78, 5) is 30.6. The Morgan fingerprint density at radius 2 is 1.96 bits per heavy atom. The highest BCUT2D eigenvalue weighted by molar-refractivity contribution is 5.45. The van der Waals surface area contributed by atoms with Crippen molar-refractivity contribution in [2.45, 2.75) is 44.9 Å². The second kappa shape index (κ2) is 5.29. The van der Waals surface area contributed by atoms with Gasteiger partial charge in [-0.1, -0.05) is 0 Å². The lowest BCUT2D eigenvalue weighted by Crippen LogP contribution is -2.43. The van der Waals surface area contributed by atoms with E-state index in [1.54, 1.807) is 6.20 Å². The molecule has 2 aliphatic rings. The summed E-state index contributed by atoms with van der Waals surface area (Å²) in [6.45, 7) is 5.76. The summed E-state index contributed by atoms with van der Waals surface area (Å²) in [6.07, 6.45) is 5.50. The van der Waals surface area contributed by atoms with Gasteiger partial charge in [-0.2, -0.15) is 0 Å². The van der Waals surface area contributed by atoms with E-state index in [4.69, 9.17) is 5.73 Å². The number of hydrogen-bond donors (Lipinski definition) is 2. The molecule has 7 heteroatoms. The van der Waals surface area contributed by atoms with Crippen molar-refractivity contribution >= 4 is 11.8 Å². The minimum atomic E-state index is -0.0720. The fourth-order valence-corrected chi connectivity index (χ4v) is 4.13. The lowest BCUT2D eigenvalue weighted by atomic mass is 9.76. The number of anilines is 2. The van der Waals surface area contributed by atoms with Gasteiger partial charge in [0.1, 0.15) is 5.82 Å². The van der Waals surface area contributed by atoms with Crippen LogP contribution in [-0.4, -0.2) is 33.0 Å². The van der Waals surface area contributed by atoms with Crippen LogP contribution < -0.4 is 16.2 Å². The number of nitrogens with one attached hydrogen (secondary N) is 1. The van der Waals surface area contributed by atoms with Gasteiger partial charge in [0.25, 0.3) is 5.56 Å². The Kier molecular flexibility index (Phi) is 3.33. The predicted octanol–water partition coefficient (Wildman–Crippen LogP) is 1.24. The minimum absolute atomic E-state index is 0.0145. The molecule has 0 aromatic carbocycles. The zero-order valence-corrected chi connectivity index (χ0v) is 14.1.